The van der Waals surface area contributed by atoms with Crippen molar-refractivity contribution in [2.45, 2.75) is 97.1 Å². The Bertz CT molecular complexity index is 1080. The fourth-order valence-corrected chi connectivity index (χ4v) is 12.0. The second kappa shape index (κ2) is 7.62. The third kappa shape index (κ3) is 2.63. The summed E-state index contributed by atoms with van der Waals surface area (Å²) < 4.78 is 0. The van der Waals surface area contributed by atoms with Crippen molar-refractivity contribution >= 4 is 5.97 Å². The highest BCUT2D eigenvalue weighted by atomic mass is 16.4. The highest BCUT2D eigenvalue weighted by molar-refractivity contribution is 5.77. The van der Waals surface area contributed by atoms with Gasteiger partial charge in [-0.15, -0.1) is 0 Å². The summed E-state index contributed by atoms with van der Waals surface area (Å²) in [6.07, 6.45) is 3.68. The molecule has 6 aliphatic rings. The Morgan fingerprint density at radius 1 is 0.895 bits per heavy atom. The summed E-state index contributed by atoms with van der Waals surface area (Å²) in [5, 5.41) is 76.1. The van der Waals surface area contributed by atoms with E-state index in [2.05, 4.69) is 19.1 Å². The molecule has 6 rings (SSSR count). The van der Waals surface area contributed by atoms with Crippen molar-refractivity contribution in [3.63, 3.8) is 0 Å². The Labute approximate surface area is 224 Å². The first kappa shape index (κ1) is 27.2. The number of aliphatic hydroxyl groups is 6. The summed E-state index contributed by atoms with van der Waals surface area (Å²) in [4.78, 5) is 12.9. The van der Waals surface area contributed by atoms with Gasteiger partial charge in [-0.3, -0.25) is 4.79 Å². The molecule has 14 atom stereocenters. The molecule has 0 aromatic heterocycles. The van der Waals surface area contributed by atoms with E-state index in [4.69, 9.17) is 0 Å². The molecule has 5 saturated carbocycles. The third-order valence-electron chi connectivity index (χ3n) is 14.2. The maximum atomic E-state index is 12.9. The Kier molecular flexibility index (Phi) is 5.45. The van der Waals surface area contributed by atoms with Crippen molar-refractivity contribution in [2.24, 2.45) is 55.7 Å². The summed E-state index contributed by atoms with van der Waals surface area (Å²) >= 11 is 0. The molecule has 0 aromatic rings. The summed E-state index contributed by atoms with van der Waals surface area (Å²) in [5.74, 6) is -1.61. The van der Waals surface area contributed by atoms with Crippen LogP contribution in [0.3, 0.4) is 0 Å². The summed E-state index contributed by atoms with van der Waals surface area (Å²) in [7, 11) is 0. The van der Waals surface area contributed by atoms with Crippen LogP contribution in [0.1, 0.15) is 72.6 Å². The molecule has 8 heteroatoms. The molecule has 0 heterocycles. The molecule has 214 valence electrons. The number of allylic oxidation sites excluding steroid dienone is 2. The Morgan fingerprint density at radius 2 is 1.58 bits per heavy atom. The lowest BCUT2D eigenvalue weighted by molar-refractivity contribution is -0.280. The lowest BCUT2D eigenvalue weighted by Gasteiger charge is -2.69. The molecule has 0 spiro atoms. The van der Waals surface area contributed by atoms with Crippen LogP contribution in [-0.4, -0.2) is 79.3 Å². The van der Waals surface area contributed by atoms with E-state index in [0.717, 1.165) is 12.8 Å². The molecule has 0 unspecified atom stereocenters. The number of hydrogen-bond acceptors (Lipinski definition) is 7. The molecular formula is C30H46O8. The standard InChI is InChI=1S/C30H46O8/c1-24(14-31)11-18-28-8-6-17-26(3,29(28,13-28)9-10-30(18,23(37)38)19(33)12-24)7-5-16-25(2,15-32)21(35)20(34)22(36)27(16,17)4/h6,8,16-22,31-36H,5,7,9-15H2,1-4H3,(H,37,38)/t16-,17-,18-,19+,20+,21+,22+,24-,25+,26-,27+,28-,29-,30+/m1/s1. The highest BCUT2D eigenvalue weighted by Crippen LogP contribution is 2.90. The van der Waals surface area contributed by atoms with E-state index in [-0.39, 0.29) is 48.2 Å². The van der Waals surface area contributed by atoms with E-state index in [9.17, 15) is 40.5 Å². The van der Waals surface area contributed by atoms with Crippen LogP contribution in [0.5, 0.6) is 0 Å². The maximum absolute atomic E-state index is 12.9. The molecule has 0 aromatic carbocycles. The Balaban J connectivity index is 1.49. The molecule has 6 aliphatic carbocycles. The number of carboxylic acids is 1. The van der Waals surface area contributed by atoms with E-state index in [1.165, 1.54) is 0 Å². The van der Waals surface area contributed by atoms with Crippen molar-refractivity contribution < 1.29 is 40.5 Å². The van der Waals surface area contributed by atoms with Crippen LogP contribution in [0.2, 0.25) is 0 Å². The lowest BCUT2D eigenvalue weighted by Crippen LogP contribution is -2.72. The molecular weight excluding hydrogens is 488 g/mol. The number of aliphatic hydroxyl groups excluding tert-OH is 6. The van der Waals surface area contributed by atoms with E-state index in [0.29, 0.717) is 25.7 Å². The molecule has 0 aliphatic heterocycles. The second-order valence-corrected chi connectivity index (χ2v) is 15.3. The fraction of sp³-hybridized carbons (Fsp3) is 0.900. The summed E-state index contributed by atoms with van der Waals surface area (Å²) in [6.45, 7) is 7.63. The van der Waals surface area contributed by atoms with Gasteiger partial charge >= 0.3 is 5.97 Å². The van der Waals surface area contributed by atoms with Crippen molar-refractivity contribution in [2.75, 3.05) is 13.2 Å². The predicted octanol–water partition coefficient (Wildman–Crippen LogP) is 1.70. The van der Waals surface area contributed by atoms with Gasteiger partial charge in [-0.1, -0.05) is 39.8 Å². The monoisotopic (exact) mass is 534 g/mol. The quantitative estimate of drug-likeness (QED) is 0.270. The SMILES string of the molecule is C[C@]1(CO)C[C@H](O)[C@]2(C(=O)O)CC[C@]34C[C@]3(C=C[C@H]3[C@]5(C)[C@H](CC[C@]34C)[C@](C)(CO)[C@@H](O)[C@H](O)[C@@H]5O)[C@H]2C1. The molecule has 0 saturated heterocycles. The van der Waals surface area contributed by atoms with Crippen molar-refractivity contribution in [3.05, 3.63) is 12.2 Å². The van der Waals surface area contributed by atoms with Crippen LogP contribution >= 0.6 is 0 Å². The van der Waals surface area contributed by atoms with Gasteiger partial charge in [0.15, 0.2) is 0 Å². The van der Waals surface area contributed by atoms with Crippen LogP contribution < -0.4 is 0 Å². The van der Waals surface area contributed by atoms with Crippen LogP contribution in [0.15, 0.2) is 12.2 Å². The summed E-state index contributed by atoms with van der Waals surface area (Å²) in [6, 6.07) is 0. The Hall–Kier alpha value is -1.03. The van der Waals surface area contributed by atoms with Gasteiger partial charge in [0.1, 0.15) is 6.10 Å². The van der Waals surface area contributed by atoms with Gasteiger partial charge in [-0.05, 0) is 84.4 Å². The number of aliphatic carboxylic acids is 1. The largest absolute Gasteiger partial charge is 0.481 e. The van der Waals surface area contributed by atoms with E-state index < -0.39 is 57.5 Å². The van der Waals surface area contributed by atoms with Gasteiger partial charge in [0.25, 0.3) is 0 Å². The number of hydrogen-bond donors (Lipinski definition) is 7. The van der Waals surface area contributed by atoms with Gasteiger partial charge in [0, 0.05) is 17.4 Å². The zero-order valence-corrected chi connectivity index (χ0v) is 23.1. The number of rotatable bonds is 3. The van der Waals surface area contributed by atoms with Gasteiger partial charge in [-0.25, -0.2) is 0 Å². The molecule has 0 bridgehead atoms. The first-order valence-corrected chi connectivity index (χ1v) is 14.5. The van der Waals surface area contributed by atoms with Crippen molar-refractivity contribution in [3.8, 4) is 0 Å². The van der Waals surface area contributed by atoms with Crippen LogP contribution in [-0.2, 0) is 4.79 Å². The minimum atomic E-state index is -1.38. The van der Waals surface area contributed by atoms with Gasteiger partial charge in [0.2, 0.25) is 0 Å². The first-order valence-electron chi connectivity index (χ1n) is 14.5. The third-order valence-corrected chi connectivity index (χ3v) is 14.2. The zero-order valence-electron chi connectivity index (χ0n) is 23.1. The number of carboxylic acid groups (broad SMARTS) is 1. The normalized spacial score (nSPS) is 62.5. The van der Waals surface area contributed by atoms with Crippen molar-refractivity contribution in [1.82, 2.24) is 0 Å². The van der Waals surface area contributed by atoms with Gasteiger partial charge in [-0.2, -0.15) is 0 Å². The number of fused-ring (bicyclic) bond motifs is 4. The topological polar surface area (TPSA) is 159 Å². The zero-order chi connectivity index (χ0) is 27.9. The maximum Gasteiger partial charge on any atom is 0.312 e. The average molecular weight is 535 g/mol. The smallest absolute Gasteiger partial charge is 0.312 e. The van der Waals surface area contributed by atoms with Crippen LogP contribution in [0.4, 0.5) is 0 Å². The first-order chi connectivity index (χ1) is 17.6. The molecule has 0 amide bonds. The van der Waals surface area contributed by atoms with Gasteiger partial charge in [0.05, 0.1) is 30.3 Å². The van der Waals surface area contributed by atoms with E-state index in [1.54, 1.807) is 0 Å². The van der Waals surface area contributed by atoms with E-state index in [1.807, 2.05) is 20.8 Å². The van der Waals surface area contributed by atoms with Crippen LogP contribution in [0.25, 0.3) is 0 Å². The second-order valence-electron chi connectivity index (χ2n) is 15.3. The average Bonchev–Trinajstić information content (AvgIpc) is 3.59. The molecule has 5 fully saturated rings. The number of carbonyl (C=O) groups is 1. The van der Waals surface area contributed by atoms with Crippen LogP contribution in [0, 0.1) is 55.7 Å². The fourth-order valence-electron chi connectivity index (χ4n) is 12.0. The molecule has 38 heavy (non-hydrogen) atoms. The van der Waals surface area contributed by atoms with Gasteiger partial charge < -0.3 is 35.7 Å². The molecule has 0 radical (unpaired) electrons. The minimum Gasteiger partial charge on any atom is -0.481 e. The highest BCUT2D eigenvalue weighted by Gasteiger charge is 2.86. The minimum absolute atomic E-state index is 0.102. The lowest BCUT2D eigenvalue weighted by atomic mass is 9.35. The predicted molar refractivity (Wildman–Crippen MR) is 137 cm³/mol. The molecule has 8 nitrogen and oxygen atoms in total. The van der Waals surface area contributed by atoms with E-state index >= 15 is 0 Å². The Morgan fingerprint density at radius 3 is 2.18 bits per heavy atom. The molecule has 7 N–H and O–H groups in total. The summed E-state index contributed by atoms with van der Waals surface area (Å²) in [5.41, 5.74) is -4.47. The van der Waals surface area contributed by atoms with Crippen molar-refractivity contribution in [1.29, 1.82) is 0 Å².